The quantitative estimate of drug-likeness (QED) is 0.353. The Labute approximate surface area is 203 Å². The lowest BCUT2D eigenvalue weighted by molar-refractivity contribution is -0.121. The van der Waals surface area contributed by atoms with E-state index in [0.29, 0.717) is 6.42 Å². The molecule has 0 aliphatic rings. The van der Waals surface area contributed by atoms with Gasteiger partial charge in [0.2, 0.25) is 0 Å². The molecule has 1 aromatic carbocycles. The lowest BCUT2D eigenvalue weighted by atomic mass is 10.2. The maximum atomic E-state index is 12.9. The number of halogens is 2. The van der Waals surface area contributed by atoms with Crippen molar-refractivity contribution in [1.29, 1.82) is 0 Å². The molecule has 0 radical (unpaired) electrons. The van der Waals surface area contributed by atoms with Gasteiger partial charge in [0.05, 0.1) is 17.1 Å². The molecule has 178 valence electrons. The number of nitrogens with zero attached hydrogens (tertiary/aromatic N) is 3. The van der Waals surface area contributed by atoms with Crippen molar-refractivity contribution < 1.29 is 14.3 Å². The lowest BCUT2D eigenvalue weighted by Gasteiger charge is -2.24. The first-order valence-corrected chi connectivity index (χ1v) is 10.9. The summed E-state index contributed by atoms with van der Waals surface area (Å²) in [5, 5.41) is 0.0683. The van der Waals surface area contributed by atoms with E-state index in [-0.39, 0.29) is 40.3 Å². The number of benzene rings is 1. The van der Waals surface area contributed by atoms with Crippen LogP contribution in [-0.2, 0) is 16.1 Å². The van der Waals surface area contributed by atoms with Gasteiger partial charge < -0.3 is 15.4 Å². The summed E-state index contributed by atoms with van der Waals surface area (Å²) in [5.74, 6) is -1.74. The number of rotatable bonds is 8. The number of aromatic amines is 1. The van der Waals surface area contributed by atoms with Gasteiger partial charge in [-0.1, -0.05) is 60.5 Å². The van der Waals surface area contributed by atoms with Crippen molar-refractivity contribution >= 4 is 46.6 Å². The third-order valence-corrected chi connectivity index (χ3v) is 5.46. The molecule has 0 saturated carbocycles. The number of nitrogen functional groups attached to an aromatic ring is 1. The number of H-pyrrole nitrogens is 1. The molecule has 3 N–H and O–H groups in total. The summed E-state index contributed by atoms with van der Waals surface area (Å²) >= 11 is 11.6. The minimum Gasteiger partial charge on any atom is -0.452 e. The number of anilines is 2. The molecule has 3 rings (SSSR count). The predicted molar refractivity (Wildman–Crippen MR) is 128 cm³/mol. The van der Waals surface area contributed by atoms with E-state index in [9.17, 15) is 19.2 Å². The number of carbonyl (C=O) groups excluding carboxylic acids is 2. The highest BCUT2D eigenvalue weighted by molar-refractivity contribution is 6.41. The van der Waals surface area contributed by atoms with E-state index in [0.717, 1.165) is 21.2 Å². The Morgan fingerprint density at radius 3 is 2.56 bits per heavy atom. The number of carbonyl (C=O) groups is 2. The zero-order chi connectivity index (χ0) is 24.8. The molecule has 0 fully saturated rings. The Kier molecular flexibility index (Phi) is 8.08. The highest BCUT2D eigenvalue weighted by Crippen LogP contribution is 2.21. The summed E-state index contributed by atoms with van der Waals surface area (Å²) in [7, 11) is 0. The predicted octanol–water partition coefficient (Wildman–Crippen LogP) is 2.47. The molecular formula is C22H21Cl2N5O5. The maximum absolute atomic E-state index is 12.9. The number of aromatic nitrogens is 3. The Balaban J connectivity index is 1.87. The third kappa shape index (κ3) is 5.64. The van der Waals surface area contributed by atoms with Crippen LogP contribution in [0, 0.1) is 0 Å². The van der Waals surface area contributed by atoms with Crippen LogP contribution >= 0.6 is 23.2 Å². The Bertz CT molecular complexity index is 1320. The van der Waals surface area contributed by atoms with Crippen LogP contribution in [0.5, 0.6) is 0 Å². The zero-order valence-corrected chi connectivity index (χ0v) is 19.6. The fraction of sp³-hybridized carbons (Fsp3) is 0.227. The molecule has 0 aliphatic carbocycles. The average Bonchev–Trinajstić information content (AvgIpc) is 2.81. The second-order valence-electron chi connectivity index (χ2n) is 7.18. The molecule has 2 heterocycles. The molecule has 0 unspecified atom stereocenters. The molecule has 0 bridgehead atoms. The number of esters is 1. The number of pyridine rings is 1. The highest BCUT2D eigenvalue weighted by Gasteiger charge is 2.25. The number of ether oxygens (including phenoxy) is 1. The van der Waals surface area contributed by atoms with E-state index < -0.39 is 29.7 Å². The number of hydrogen-bond acceptors (Lipinski definition) is 7. The SMILES string of the molecule is CCCN(C(=O)COC(=O)c1cnc(Cl)c(Cl)c1)c1c(N)n(Cc2ccccc2)c(=O)[nH]c1=O. The molecular weight excluding hydrogens is 485 g/mol. The van der Waals surface area contributed by atoms with Gasteiger partial charge in [-0.2, -0.15) is 0 Å². The van der Waals surface area contributed by atoms with Crippen molar-refractivity contribution in [3.8, 4) is 0 Å². The van der Waals surface area contributed by atoms with Gasteiger partial charge >= 0.3 is 11.7 Å². The molecule has 12 heteroatoms. The fourth-order valence-corrected chi connectivity index (χ4v) is 3.44. The van der Waals surface area contributed by atoms with Gasteiger partial charge in [0.25, 0.3) is 11.5 Å². The van der Waals surface area contributed by atoms with Gasteiger partial charge in [0.1, 0.15) is 11.0 Å². The molecule has 10 nitrogen and oxygen atoms in total. The van der Waals surface area contributed by atoms with Crippen LogP contribution in [0.25, 0.3) is 0 Å². The molecule has 1 amide bonds. The third-order valence-electron chi connectivity index (χ3n) is 4.77. The highest BCUT2D eigenvalue weighted by atomic mass is 35.5. The summed E-state index contributed by atoms with van der Waals surface area (Å²) < 4.78 is 6.23. The molecule has 0 saturated heterocycles. The van der Waals surface area contributed by atoms with Crippen molar-refractivity contribution in [3.63, 3.8) is 0 Å². The summed E-state index contributed by atoms with van der Waals surface area (Å²) in [4.78, 5) is 57.3. The number of nitrogens with two attached hydrogens (primary N) is 1. The summed E-state index contributed by atoms with van der Waals surface area (Å²) in [6.45, 7) is 1.29. The smallest absolute Gasteiger partial charge is 0.340 e. The van der Waals surface area contributed by atoms with Crippen LogP contribution < -0.4 is 21.9 Å². The van der Waals surface area contributed by atoms with Crippen LogP contribution in [-0.4, -0.2) is 39.6 Å². The van der Waals surface area contributed by atoms with Gasteiger partial charge in [-0.05, 0) is 18.1 Å². The van der Waals surface area contributed by atoms with E-state index in [1.807, 2.05) is 6.07 Å². The Morgan fingerprint density at radius 2 is 1.91 bits per heavy atom. The molecule has 3 aromatic rings. The minimum absolute atomic E-state index is 0.00184. The van der Waals surface area contributed by atoms with Crippen LogP contribution in [0.3, 0.4) is 0 Å². The van der Waals surface area contributed by atoms with E-state index >= 15 is 0 Å². The van der Waals surface area contributed by atoms with E-state index in [4.69, 9.17) is 33.7 Å². The zero-order valence-electron chi connectivity index (χ0n) is 18.1. The lowest BCUT2D eigenvalue weighted by Crippen LogP contribution is -2.43. The second kappa shape index (κ2) is 11.0. The van der Waals surface area contributed by atoms with Gasteiger partial charge in [-0.3, -0.25) is 19.1 Å². The van der Waals surface area contributed by atoms with E-state index in [1.54, 1.807) is 31.2 Å². The normalized spacial score (nSPS) is 10.7. The van der Waals surface area contributed by atoms with Gasteiger partial charge in [0.15, 0.2) is 12.3 Å². The van der Waals surface area contributed by atoms with E-state index in [2.05, 4.69) is 9.97 Å². The van der Waals surface area contributed by atoms with Gasteiger partial charge in [0, 0.05) is 12.7 Å². The van der Waals surface area contributed by atoms with Crippen LogP contribution in [0.4, 0.5) is 11.5 Å². The monoisotopic (exact) mass is 505 g/mol. The number of nitrogens with one attached hydrogen (secondary N) is 1. The number of hydrogen-bond donors (Lipinski definition) is 2. The molecule has 2 aromatic heterocycles. The molecule has 0 spiro atoms. The largest absolute Gasteiger partial charge is 0.452 e. The second-order valence-corrected chi connectivity index (χ2v) is 7.95. The summed E-state index contributed by atoms with van der Waals surface area (Å²) in [6, 6.07) is 10.3. The van der Waals surface area contributed by atoms with Crippen molar-refractivity contribution in [1.82, 2.24) is 14.5 Å². The Morgan fingerprint density at radius 1 is 1.21 bits per heavy atom. The topological polar surface area (TPSA) is 140 Å². The first-order valence-electron chi connectivity index (χ1n) is 10.2. The minimum atomic E-state index is -0.855. The average molecular weight is 506 g/mol. The van der Waals surface area contributed by atoms with E-state index in [1.165, 1.54) is 6.07 Å². The summed E-state index contributed by atoms with van der Waals surface area (Å²) in [6.07, 6.45) is 1.63. The van der Waals surface area contributed by atoms with Gasteiger partial charge in [-0.15, -0.1) is 0 Å². The first kappa shape index (κ1) is 25.0. The molecule has 34 heavy (non-hydrogen) atoms. The standard InChI is InChI=1S/C22H21Cl2N5O5/c1-2-8-28(16(30)12-34-21(32)14-9-15(23)18(24)26-10-14)17-19(25)29(22(33)27-20(17)31)11-13-6-4-3-5-7-13/h3-7,9-10H,2,8,11-12,25H2,1H3,(H,27,31,33). The van der Waals surface area contributed by atoms with Crippen LogP contribution in [0.1, 0.15) is 29.3 Å². The van der Waals surface area contributed by atoms with Crippen molar-refractivity contribution in [2.75, 3.05) is 23.8 Å². The van der Waals surface area contributed by atoms with Crippen molar-refractivity contribution in [2.45, 2.75) is 19.9 Å². The first-order chi connectivity index (χ1) is 16.2. The van der Waals surface area contributed by atoms with Crippen molar-refractivity contribution in [2.24, 2.45) is 0 Å². The van der Waals surface area contributed by atoms with Crippen LogP contribution in [0.15, 0.2) is 52.2 Å². The van der Waals surface area contributed by atoms with Crippen molar-refractivity contribution in [3.05, 3.63) is 84.7 Å². The maximum Gasteiger partial charge on any atom is 0.340 e. The summed E-state index contributed by atoms with van der Waals surface area (Å²) in [5.41, 5.74) is 5.22. The van der Waals surface area contributed by atoms with Gasteiger partial charge in [-0.25, -0.2) is 14.6 Å². The molecule has 0 aliphatic heterocycles. The molecule has 0 atom stereocenters. The number of amides is 1. The van der Waals surface area contributed by atoms with Crippen LogP contribution in [0.2, 0.25) is 10.2 Å². The fourth-order valence-electron chi connectivity index (χ4n) is 3.17. The Hall–Kier alpha value is -3.63.